The predicted molar refractivity (Wildman–Crippen MR) is 125 cm³/mol. The van der Waals surface area contributed by atoms with Crippen LogP contribution in [-0.4, -0.2) is 57.2 Å². The minimum Gasteiger partial charge on any atom is -0.469 e. The Bertz CT molecular complexity index is 990. The second-order valence-electron chi connectivity index (χ2n) is 8.10. The van der Waals surface area contributed by atoms with E-state index in [-0.39, 0.29) is 30.7 Å². The Morgan fingerprint density at radius 3 is 2.32 bits per heavy atom. The molecule has 0 saturated carbocycles. The molecule has 2 aromatic rings. The van der Waals surface area contributed by atoms with Gasteiger partial charge in [0.05, 0.1) is 20.6 Å². The number of benzene rings is 2. The minimum atomic E-state index is -0.740. The highest BCUT2D eigenvalue weighted by Crippen LogP contribution is 2.21. The smallest absolute Gasteiger partial charge is 0.323 e. The summed E-state index contributed by atoms with van der Waals surface area (Å²) in [5.74, 6) is -1.58. The van der Waals surface area contributed by atoms with Gasteiger partial charge in [-0.05, 0) is 43.2 Å². The van der Waals surface area contributed by atoms with Gasteiger partial charge in [0.2, 0.25) is 0 Å². The minimum absolute atomic E-state index is 0.0634. The Morgan fingerprint density at radius 1 is 1.03 bits per heavy atom. The third-order valence-electron chi connectivity index (χ3n) is 5.91. The summed E-state index contributed by atoms with van der Waals surface area (Å²) in [7, 11) is 2.58. The number of nitrogens with zero attached hydrogens (tertiary/aromatic N) is 1. The molecule has 1 unspecified atom stereocenters. The molecule has 182 valence electrons. The fourth-order valence-corrected chi connectivity index (χ4v) is 3.93. The molecular weight excluding hydrogens is 441 g/mol. The van der Waals surface area contributed by atoms with Gasteiger partial charge in [0.15, 0.2) is 0 Å². The van der Waals surface area contributed by atoms with Crippen LogP contribution < -0.4 is 15.5 Å². The van der Waals surface area contributed by atoms with Gasteiger partial charge in [-0.3, -0.25) is 14.4 Å². The molecule has 0 aliphatic carbocycles. The van der Waals surface area contributed by atoms with Crippen LogP contribution in [0.15, 0.2) is 48.5 Å². The molecule has 1 fully saturated rings. The SMILES string of the molecule is COC(=O)CC(NC1CCN(c2ccc(C(=O)NCc3ccccc3F)cc2)CC1)C(=O)OC. The molecular formula is C25H30FN3O5. The molecule has 1 saturated heterocycles. The number of anilines is 1. The number of methoxy groups -OCH3 is 2. The number of esters is 2. The lowest BCUT2D eigenvalue weighted by atomic mass is 10.0. The van der Waals surface area contributed by atoms with Gasteiger partial charge in [-0.2, -0.15) is 0 Å². The number of rotatable bonds is 9. The molecule has 1 aliphatic rings. The van der Waals surface area contributed by atoms with Crippen LogP contribution in [0.1, 0.15) is 35.2 Å². The van der Waals surface area contributed by atoms with Crippen LogP contribution >= 0.6 is 0 Å². The second kappa shape index (κ2) is 12.1. The molecule has 8 nitrogen and oxygen atoms in total. The number of hydrogen-bond acceptors (Lipinski definition) is 7. The summed E-state index contributed by atoms with van der Waals surface area (Å²) in [5, 5.41) is 5.96. The van der Waals surface area contributed by atoms with Crippen LogP contribution in [0.3, 0.4) is 0 Å². The summed E-state index contributed by atoms with van der Waals surface area (Å²) in [6.07, 6.45) is 1.48. The fourth-order valence-electron chi connectivity index (χ4n) is 3.93. The van der Waals surface area contributed by atoms with Crippen molar-refractivity contribution in [3.8, 4) is 0 Å². The Hall–Kier alpha value is -3.46. The van der Waals surface area contributed by atoms with Crippen molar-refractivity contribution in [1.82, 2.24) is 10.6 Å². The van der Waals surface area contributed by atoms with Gasteiger partial charge in [0, 0.05) is 42.5 Å². The molecule has 9 heteroatoms. The number of carbonyl (C=O) groups is 3. The summed E-state index contributed by atoms with van der Waals surface area (Å²) in [5.41, 5.74) is 1.92. The van der Waals surface area contributed by atoms with Crippen LogP contribution in [0.2, 0.25) is 0 Å². The maximum absolute atomic E-state index is 13.7. The first-order valence-electron chi connectivity index (χ1n) is 11.2. The zero-order valence-corrected chi connectivity index (χ0v) is 19.4. The Morgan fingerprint density at radius 2 is 1.71 bits per heavy atom. The molecule has 0 radical (unpaired) electrons. The van der Waals surface area contributed by atoms with E-state index < -0.39 is 18.0 Å². The number of amides is 1. The fraction of sp³-hybridized carbons (Fsp3) is 0.400. The summed E-state index contributed by atoms with van der Waals surface area (Å²) in [6.45, 7) is 1.63. The largest absolute Gasteiger partial charge is 0.469 e. The molecule has 1 atom stereocenters. The van der Waals surface area contributed by atoms with Crippen molar-refractivity contribution < 1.29 is 28.2 Å². The van der Waals surface area contributed by atoms with E-state index in [1.54, 1.807) is 30.3 Å². The number of piperidine rings is 1. The van der Waals surface area contributed by atoms with Gasteiger partial charge in [0.1, 0.15) is 11.9 Å². The van der Waals surface area contributed by atoms with Crippen molar-refractivity contribution in [3.05, 3.63) is 65.5 Å². The predicted octanol–water partition coefficient (Wildman–Crippen LogP) is 2.42. The van der Waals surface area contributed by atoms with Gasteiger partial charge >= 0.3 is 11.9 Å². The Balaban J connectivity index is 1.50. The van der Waals surface area contributed by atoms with Crippen molar-refractivity contribution in [2.45, 2.75) is 37.9 Å². The van der Waals surface area contributed by atoms with Crippen molar-refractivity contribution in [2.24, 2.45) is 0 Å². The monoisotopic (exact) mass is 471 g/mol. The average molecular weight is 472 g/mol. The van der Waals surface area contributed by atoms with Crippen LogP contribution in [-0.2, 0) is 25.6 Å². The van der Waals surface area contributed by atoms with Gasteiger partial charge in [-0.1, -0.05) is 18.2 Å². The Kier molecular flexibility index (Phi) is 8.98. The zero-order chi connectivity index (χ0) is 24.5. The first-order chi connectivity index (χ1) is 16.4. The molecule has 0 bridgehead atoms. The number of hydrogen-bond donors (Lipinski definition) is 2. The molecule has 1 aliphatic heterocycles. The van der Waals surface area contributed by atoms with E-state index in [0.717, 1.165) is 31.6 Å². The van der Waals surface area contributed by atoms with Gasteiger partial charge in [-0.25, -0.2) is 4.39 Å². The van der Waals surface area contributed by atoms with E-state index in [1.807, 2.05) is 12.1 Å². The van der Waals surface area contributed by atoms with Crippen LogP contribution in [0.4, 0.5) is 10.1 Å². The lowest BCUT2D eigenvalue weighted by molar-refractivity contribution is -0.149. The molecule has 34 heavy (non-hydrogen) atoms. The molecule has 1 amide bonds. The highest BCUT2D eigenvalue weighted by atomic mass is 19.1. The lowest BCUT2D eigenvalue weighted by Crippen LogP contribution is -2.50. The third-order valence-corrected chi connectivity index (χ3v) is 5.91. The number of ether oxygens (including phenoxy) is 2. The number of nitrogens with one attached hydrogen (secondary N) is 2. The summed E-state index contributed by atoms with van der Waals surface area (Å²) in [4.78, 5) is 38.2. The molecule has 2 N–H and O–H groups in total. The van der Waals surface area contributed by atoms with Gasteiger partial charge < -0.3 is 25.0 Å². The van der Waals surface area contributed by atoms with Crippen molar-refractivity contribution >= 4 is 23.5 Å². The molecule has 3 rings (SSSR count). The summed E-state index contributed by atoms with van der Waals surface area (Å²) < 4.78 is 23.2. The van der Waals surface area contributed by atoms with Crippen LogP contribution in [0, 0.1) is 5.82 Å². The molecule has 0 spiro atoms. The average Bonchev–Trinajstić information content (AvgIpc) is 2.87. The van der Waals surface area contributed by atoms with E-state index in [9.17, 15) is 18.8 Å². The van der Waals surface area contributed by atoms with E-state index in [0.29, 0.717) is 11.1 Å². The van der Waals surface area contributed by atoms with E-state index in [2.05, 4.69) is 20.3 Å². The Labute approximate surface area is 198 Å². The summed E-state index contributed by atoms with van der Waals surface area (Å²) >= 11 is 0. The molecule has 1 heterocycles. The van der Waals surface area contributed by atoms with E-state index in [1.165, 1.54) is 20.3 Å². The zero-order valence-electron chi connectivity index (χ0n) is 19.4. The number of carbonyl (C=O) groups excluding carboxylic acids is 3. The first-order valence-corrected chi connectivity index (χ1v) is 11.2. The maximum atomic E-state index is 13.7. The normalized spacial score (nSPS) is 14.9. The van der Waals surface area contributed by atoms with Crippen molar-refractivity contribution in [2.75, 3.05) is 32.2 Å². The third kappa shape index (κ3) is 6.77. The lowest BCUT2D eigenvalue weighted by Gasteiger charge is -2.35. The van der Waals surface area contributed by atoms with Crippen LogP contribution in [0.5, 0.6) is 0 Å². The highest BCUT2D eigenvalue weighted by Gasteiger charge is 2.28. The molecule has 2 aromatic carbocycles. The standard InChI is InChI=1S/C25H30FN3O5/c1-33-23(30)15-22(25(32)34-2)28-19-11-13-29(14-12-19)20-9-7-17(8-10-20)24(31)27-16-18-5-3-4-6-21(18)26/h3-10,19,22,28H,11-16H2,1-2H3,(H,27,31). The maximum Gasteiger partial charge on any atom is 0.323 e. The topological polar surface area (TPSA) is 97.0 Å². The van der Waals surface area contributed by atoms with E-state index in [4.69, 9.17) is 4.74 Å². The van der Waals surface area contributed by atoms with Crippen molar-refractivity contribution in [3.63, 3.8) is 0 Å². The molecule has 0 aromatic heterocycles. The van der Waals surface area contributed by atoms with E-state index >= 15 is 0 Å². The quantitative estimate of drug-likeness (QED) is 0.542. The second-order valence-corrected chi connectivity index (χ2v) is 8.10. The van der Waals surface area contributed by atoms with Gasteiger partial charge in [-0.15, -0.1) is 0 Å². The van der Waals surface area contributed by atoms with Gasteiger partial charge in [0.25, 0.3) is 5.91 Å². The van der Waals surface area contributed by atoms with Crippen molar-refractivity contribution in [1.29, 1.82) is 0 Å². The highest BCUT2D eigenvalue weighted by molar-refractivity contribution is 5.94. The first kappa shape index (κ1) is 25.2. The number of halogens is 1. The van der Waals surface area contributed by atoms with Crippen LogP contribution in [0.25, 0.3) is 0 Å². The summed E-state index contributed by atoms with van der Waals surface area (Å²) in [6, 6.07) is 12.9.